The molecule has 2 aliphatic rings. The molecular weight excluding hydrogens is 436 g/mol. The monoisotopic (exact) mass is 476 g/mol. The molecule has 0 saturated carbocycles. The SMILES string of the molecule is C=Cc1nc(-c2ccc(N3CCCC3)cc2)c(NC(C)C(=O)N2CCN(CCC)CC2)n1/C=C\C. The molecule has 3 heterocycles. The van der Waals surface area contributed by atoms with Crippen LogP contribution in [0.15, 0.2) is 36.9 Å². The predicted molar refractivity (Wildman–Crippen MR) is 147 cm³/mol. The van der Waals surface area contributed by atoms with Crippen LogP contribution in [-0.2, 0) is 4.79 Å². The van der Waals surface area contributed by atoms with E-state index < -0.39 is 0 Å². The van der Waals surface area contributed by atoms with Crippen molar-refractivity contribution in [3.63, 3.8) is 0 Å². The van der Waals surface area contributed by atoms with E-state index in [-0.39, 0.29) is 11.9 Å². The van der Waals surface area contributed by atoms with E-state index in [1.165, 1.54) is 18.5 Å². The largest absolute Gasteiger partial charge is 0.372 e. The summed E-state index contributed by atoms with van der Waals surface area (Å²) >= 11 is 0. The zero-order chi connectivity index (χ0) is 24.8. The van der Waals surface area contributed by atoms with Gasteiger partial charge in [-0.1, -0.05) is 31.7 Å². The molecule has 0 radical (unpaired) electrons. The molecule has 2 saturated heterocycles. The van der Waals surface area contributed by atoms with Gasteiger partial charge in [0.05, 0.1) is 0 Å². The molecule has 1 unspecified atom stereocenters. The lowest BCUT2D eigenvalue weighted by Crippen LogP contribution is -2.52. The van der Waals surface area contributed by atoms with Crippen LogP contribution >= 0.6 is 0 Å². The van der Waals surface area contributed by atoms with Gasteiger partial charge in [0.25, 0.3) is 0 Å². The smallest absolute Gasteiger partial charge is 0.244 e. The van der Waals surface area contributed by atoms with Crippen molar-refractivity contribution in [2.24, 2.45) is 0 Å². The Kier molecular flexibility index (Phi) is 8.29. The first kappa shape index (κ1) is 25.0. The molecule has 35 heavy (non-hydrogen) atoms. The van der Waals surface area contributed by atoms with Gasteiger partial charge in [0.15, 0.2) is 0 Å². The van der Waals surface area contributed by atoms with Gasteiger partial charge in [-0.2, -0.15) is 0 Å². The number of carbonyl (C=O) groups excluding carboxylic acids is 1. The van der Waals surface area contributed by atoms with Crippen LogP contribution in [0.1, 0.15) is 45.9 Å². The lowest BCUT2D eigenvalue weighted by Gasteiger charge is -2.36. The summed E-state index contributed by atoms with van der Waals surface area (Å²) < 4.78 is 1.99. The summed E-state index contributed by atoms with van der Waals surface area (Å²) in [6.45, 7) is 16.9. The van der Waals surface area contributed by atoms with Crippen LogP contribution in [0.2, 0.25) is 0 Å². The number of nitrogens with one attached hydrogen (secondary N) is 1. The van der Waals surface area contributed by atoms with Crippen LogP contribution in [0, 0.1) is 0 Å². The predicted octanol–water partition coefficient (Wildman–Crippen LogP) is 4.64. The third kappa shape index (κ3) is 5.61. The number of hydrogen-bond acceptors (Lipinski definition) is 5. The molecule has 7 nitrogen and oxygen atoms in total. The lowest BCUT2D eigenvalue weighted by atomic mass is 10.1. The Morgan fingerprint density at radius 1 is 1.11 bits per heavy atom. The van der Waals surface area contributed by atoms with Crippen LogP contribution in [-0.4, -0.2) is 77.1 Å². The van der Waals surface area contributed by atoms with Crippen molar-refractivity contribution in [1.82, 2.24) is 19.4 Å². The number of benzene rings is 1. The molecule has 0 bridgehead atoms. The van der Waals surface area contributed by atoms with E-state index in [9.17, 15) is 4.79 Å². The van der Waals surface area contributed by atoms with E-state index in [1.54, 1.807) is 6.08 Å². The van der Waals surface area contributed by atoms with Gasteiger partial charge < -0.3 is 15.1 Å². The van der Waals surface area contributed by atoms with Crippen molar-refractivity contribution < 1.29 is 4.79 Å². The fourth-order valence-electron chi connectivity index (χ4n) is 5.09. The van der Waals surface area contributed by atoms with Crippen LogP contribution in [0.25, 0.3) is 23.5 Å². The van der Waals surface area contributed by atoms with Crippen molar-refractivity contribution in [2.45, 2.75) is 46.1 Å². The number of rotatable bonds is 9. The van der Waals surface area contributed by atoms with E-state index >= 15 is 0 Å². The molecule has 7 heteroatoms. The maximum atomic E-state index is 13.3. The molecule has 188 valence electrons. The molecule has 2 aliphatic heterocycles. The fraction of sp³-hybridized carbons (Fsp3) is 0.500. The molecule has 0 aliphatic carbocycles. The minimum Gasteiger partial charge on any atom is -0.372 e. The molecule has 1 N–H and O–H groups in total. The Bertz CT molecular complexity index is 1030. The zero-order valence-corrected chi connectivity index (χ0v) is 21.5. The molecule has 2 aromatic rings. The number of amides is 1. The maximum Gasteiger partial charge on any atom is 0.244 e. The number of aromatic nitrogens is 2. The Labute approximate surface area is 210 Å². The topological polar surface area (TPSA) is 56.6 Å². The molecule has 0 spiro atoms. The Morgan fingerprint density at radius 2 is 1.80 bits per heavy atom. The lowest BCUT2D eigenvalue weighted by molar-refractivity contribution is -0.133. The van der Waals surface area contributed by atoms with Crippen molar-refractivity contribution in [2.75, 3.05) is 56.0 Å². The summed E-state index contributed by atoms with van der Waals surface area (Å²) in [7, 11) is 0. The van der Waals surface area contributed by atoms with E-state index in [0.717, 1.165) is 75.1 Å². The van der Waals surface area contributed by atoms with E-state index in [4.69, 9.17) is 4.98 Å². The average Bonchev–Trinajstić information content (AvgIpc) is 3.54. The average molecular weight is 477 g/mol. The fourth-order valence-corrected chi connectivity index (χ4v) is 5.09. The van der Waals surface area contributed by atoms with Gasteiger partial charge in [-0.15, -0.1) is 0 Å². The third-order valence-electron chi connectivity index (χ3n) is 6.98. The highest BCUT2D eigenvalue weighted by molar-refractivity contribution is 5.87. The minimum absolute atomic E-state index is 0.130. The van der Waals surface area contributed by atoms with Gasteiger partial charge in [-0.05, 0) is 57.9 Å². The summed E-state index contributed by atoms with van der Waals surface area (Å²) in [4.78, 5) is 25.1. The van der Waals surface area contributed by atoms with Gasteiger partial charge in [0, 0.05) is 56.7 Å². The second kappa shape index (κ2) is 11.6. The molecule has 1 aromatic heterocycles. The first-order chi connectivity index (χ1) is 17.0. The number of carbonyl (C=O) groups is 1. The highest BCUT2D eigenvalue weighted by Gasteiger charge is 2.27. The van der Waals surface area contributed by atoms with Gasteiger partial charge in [0.1, 0.15) is 23.4 Å². The number of hydrogen-bond donors (Lipinski definition) is 1. The molecule has 4 rings (SSSR count). The molecule has 1 atom stereocenters. The highest BCUT2D eigenvalue weighted by atomic mass is 16.2. The van der Waals surface area contributed by atoms with Crippen LogP contribution in [0.4, 0.5) is 11.5 Å². The van der Waals surface area contributed by atoms with Crippen molar-refractivity contribution >= 4 is 29.7 Å². The molecule has 1 aromatic carbocycles. The second-order valence-corrected chi connectivity index (χ2v) is 9.50. The van der Waals surface area contributed by atoms with Crippen LogP contribution in [0.3, 0.4) is 0 Å². The van der Waals surface area contributed by atoms with E-state index in [1.807, 2.05) is 35.6 Å². The quantitative estimate of drug-likeness (QED) is 0.572. The Hall–Kier alpha value is -3.06. The first-order valence-electron chi connectivity index (χ1n) is 13.1. The summed E-state index contributed by atoms with van der Waals surface area (Å²) in [5.41, 5.74) is 3.11. The van der Waals surface area contributed by atoms with Crippen molar-refractivity contribution in [1.29, 1.82) is 0 Å². The third-order valence-corrected chi connectivity index (χ3v) is 6.98. The molecular formula is C28H40N6O. The number of nitrogens with zero attached hydrogens (tertiary/aromatic N) is 5. The molecule has 2 fully saturated rings. The second-order valence-electron chi connectivity index (χ2n) is 9.50. The first-order valence-corrected chi connectivity index (χ1v) is 13.1. The number of allylic oxidation sites excluding steroid dienone is 1. The van der Waals surface area contributed by atoms with E-state index in [0.29, 0.717) is 0 Å². The maximum absolute atomic E-state index is 13.3. The number of anilines is 2. The van der Waals surface area contributed by atoms with Gasteiger partial charge >= 0.3 is 0 Å². The van der Waals surface area contributed by atoms with Gasteiger partial charge in [-0.3, -0.25) is 14.3 Å². The standard InChI is InChI=1S/C28H40N6O/c1-5-14-31-18-20-33(21-19-31)28(35)22(4)29-27-26(30-25(7-3)34(27)15-6-2)23-10-12-24(13-11-23)32-16-8-9-17-32/h6-7,10-13,15,22,29H,3,5,8-9,14,16-21H2,1-2,4H3/b15-6-. The normalized spacial score (nSPS) is 17.8. The van der Waals surface area contributed by atoms with Gasteiger partial charge in [0.2, 0.25) is 5.91 Å². The summed E-state index contributed by atoms with van der Waals surface area (Å²) in [5.74, 6) is 1.69. The minimum atomic E-state index is -0.367. The summed E-state index contributed by atoms with van der Waals surface area (Å²) in [6.07, 6.45) is 9.35. The van der Waals surface area contributed by atoms with Gasteiger partial charge in [-0.25, -0.2) is 4.98 Å². The Balaban J connectivity index is 1.57. The van der Waals surface area contributed by atoms with Crippen molar-refractivity contribution in [3.05, 3.63) is 42.7 Å². The van der Waals surface area contributed by atoms with E-state index in [2.05, 4.69) is 52.9 Å². The van der Waals surface area contributed by atoms with Crippen LogP contribution in [0.5, 0.6) is 0 Å². The highest BCUT2D eigenvalue weighted by Crippen LogP contribution is 2.32. The Morgan fingerprint density at radius 3 is 2.40 bits per heavy atom. The van der Waals surface area contributed by atoms with Crippen LogP contribution < -0.4 is 10.2 Å². The summed E-state index contributed by atoms with van der Waals surface area (Å²) in [6, 6.07) is 8.25. The zero-order valence-electron chi connectivity index (χ0n) is 21.5. The number of imidazole rings is 1. The van der Waals surface area contributed by atoms with Crippen molar-refractivity contribution in [3.8, 4) is 11.3 Å². The molecule has 1 amide bonds. The summed E-state index contributed by atoms with van der Waals surface area (Å²) in [5, 5.41) is 3.51. The number of piperazine rings is 1.